The molecule has 0 spiro atoms. The molecule has 5 heteroatoms. The molecule has 28 heavy (non-hydrogen) atoms. The topological polar surface area (TPSA) is 52.9 Å². The minimum atomic E-state index is -0.537. The second kappa shape index (κ2) is 8.98. The molecule has 3 nitrogen and oxygen atoms in total. The first-order chi connectivity index (χ1) is 13.6. The van der Waals surface area contributed by atoms with Gasteiger partial charge in [-0.25, -0.2) is 4.39 Å². The van der Waals surface area contributed by atoms with Crippen molar-refractivity contribution in [2.24, 2.45) is 0 Å². The summed E-state index contributed by atoms with van der Waals surface area (Å²) in [6.45, 7) is 0. The highest BCUT2D eigenvalue weighted by atomic mass is 35.5. The van der Waals surface area contributed by atoms with Gasteiger partial charge in [-0.05, 0) is 47.0 Å². The number of benzene rings is 3. The molecule has 3 aromatic carbocycles. The average molecular weight is 391 g/mol. The van der Waals surface area contributed by atoms with Crippen LogP contribution in [0.5, 0.6) is 0 Å². The monoisotopic (exact) mass is 390 g/mol. The van der Waals surface area contributed by atoms with Gasteiger partial charge in [-0.3, -0.25) is 4.79 Å². The molecule has 3 rings (SSSR count). The first kappa shape index (κ1) is 19.3. The maximum absolute atomic E-state index is 14.0. The fraction of sp³-hybridized carbons (Fsp3) is 0.0435. The molecule has 0 aliphatic heterocycles. The maximum Gasteiger partial charge on any atom is 0.266 e. The summed E-state index contributed by atoms with van der Waals surface area (Å²) in [6, 6.07) is 22.4. The molecule has 0 aliphatic carbocycles. The van der Waals surface area contributed by atoms with Gasteiger partial charge in [0.05, 0.1) is 0 Å². The molecule has 1 amide bonds. The standard InChI is InChI=1S/C23H16ClFN2O/c24-20-9-5-10-21(14-20)27-23(28)19(15-26)13-17-7-2-1-6-16(17)12-18-8-3-4-11-22(18)25/h1-11,13-14H,12H2,(H,27,28)/b19-13+. The van der Waals surface area contributed by atoms with Gasteiger partial charge in [0.1, 0.15) is 17.5 Å². The molecule has 0 fully saturated rings. The second-order valence-corrected chi connectivity index (χ2v) is 6.54. The van der Waals surface area contributed by atoms with E-state index in [4.69, 9.17) is 11.6 Å². The van der Waals surface area contributed by atoms with E-state index in [0.29, 0.717) is 28.3 Å². The highest BCUT2D eigenvalue weighted by molar-refractivity contribution is 6.31. The van der Waals surface area contributed by atoms with E-state index in [9.17, 15) is 14.4 Å². The van der Waals surface area contributed by atoms with Crippen molar-refractivity contribution in [1.82, 2.24) is 0 Å². The van der Waals surface area contributed by atoms with Gasteiger partial charge < -0.3 is 5.32 Å². The van der Waals surface area contributed by atoms with Crippen molar-refractivity contribution in [3.63, 3.8) is 0 Å². The zero-order valence-electron chi connectivity index (χ0n) is 14.8. The number of halogens is 2. The smallest absolute Gasteiger partial charge is 0.266 e. The molecule has 0 bridgehead atoms. The fourth-order valence-corrected chi connectivity index (χ4v) is 2.94. The van der Waals surface area contributed by atoms with Crippen LogP contribution in [0.15, 0.2) is 78.4 Å². The molecule has 0 radical (unpaired) electrons. The van der Waals surface area contributed by atoms with E-state index >= 15 is 0 Å². The van der Waals surface area contributed by atoms with Crippen LogP contribution in [0.2, 0.25) is 5.02 Å². The van der Waals surface area contributed by atoms with Gasteiger partial charge in [0.25, 0.3) is 5.91 Å². The van der Waals surface area contributed by atoms with Crippen molar-refractivity contribution in [1.29, 1.82) is 5.26 Å². The van der Waals surface area contributed by atoms with Crippen molar-refractivity contribution in [3.05, 3.63) is 106 Å². The van der Waals surface area contributed by atoms with Crippen LogP contribution < -0.4 is 5.32 Å². The molecular formula is C23H16ClFN2O. The summed E-state index contributed by atoms with van der Waals surface area (Å²) in [5, 5.41) is 12.6. The lowest BCUT2D eigenvalue weighted by Gasteiger charge is -2.09. The average Bonchev–Trinajstić information content (AvgIpc) is 2.69. The molecule has 0 heterocycles. The number of hydrogen-bond acceptors (Lipinski definition) is 2. The second-order valence-electron chi connectivity index (χ2n) is 6.10. The van der Waals surface area contributed by atoms with E-state index in [2.05, 4.69) is 5.32 Å². The van der Waals surface area contributed by atoms with Gasteiger partial charge >= 0.3 is 0 Å². The van der Waals surface area contributed by atoms with Crippen molar-refractivity contribution < 1.29 is 9.18 Å². The van der Waals surface area contributed by atoms with Gasteiger partial charge in [-0.2, -0.15) is 5.26 Å². The Morgan fingerprint density at radius 2 is 1.75 bits per heavy atom. The number of rotatable bonds is 5. The van der Waals surface area contributed by atoms with Crippen molar-refractivity contribution in [2.45, 2.75) is 6.42 Å². The largest absolute Gasteiger partial charge is 0.321 e. The van der Waals surface area contributed by atoms with Crippen LogP contribution in [-0.2, 0) is 11.2 Å². The van der Waals surface area contributed by atoms with Crippen LogP contribution in [0.4, 0.5) is 10.1 Å². The SMILES string of the molecule is N#C/C(=C\c1ccccc1Cc1ccccc1F)C(=O)Nc1cccc(Cl)c1. The Balaban J connectivity index is 1.87. The number of nitrogens with zero attached hydrogens (tertiary/aromatic N) is 1. The van der Waals surface area contributed by atoms with E-state index < -0.39 is 5.91 Å². The molecule has 0 saturated heterocycles. The van der Waals surface area contributed by atoms with Crippen molar-refractivity contribution >= 4 is 29.3 Å². The summed E-state index contributed by atoms with van der Waals surface area (Å²) in [6.07, 6.45) is 1.87. The first-order valence-corrected chi connectivity index (χ1v) is 8.94. The summed E-state index contributed by atoms with van der Waals surface area (Å²) < 4.78 is 14.0. The summed E-state index contributed by atoms with van der Waals surface area (Å²) in [7, 11) is 0. The molecule has 3 aromatic rings. The molecule has 0 aliphatic rings. The predicted octanol–water partition coefficient (Wildman–Crippen LogP) is 5.62. The lowest BCUT2D eigenvalue weighted by Crippen LogP contribution is -2.13. The Hall–Kier alpha value is -3.42. The molecule has 1 N–H and O–H groups in total. The lowest BCUT2D eigenvalue weighted by molar-refractivity contribution is -0.112. The number of amides is 1. The van der Waals surface area contributed by atoms with Gasteiger partial charge in [0, 0.05) is 17.1 Å². The number of nitriles is 1. The minimum Gasteiger partial charge on any atom is -0.321 e. The van der Waals surface area contributed by atoms with Crippen LogP contribution >= 0.6 is 11.6 Å². The van der Waals surface area contributed by atoms with Gasteiger partial charge in [-0.1, -0.05) is 60.1 Å². The Morgan fingerprint density at radius 1 is 1.04 bits per heavy atom. The van der Waals surface area contributed by atoms with E-state index in [1.807, 2.05) is 18.2 Å². The molecule has 0 aromatic heterocycles. The Bertz CT molecular complexity index is 1090. The van der Waals surface area contributed by atoms with Crippen LogP contribution in [-0.4, -0.2) is 5.91 Å². The molecule has 138 valence electrons. The number of carbonyl (C=O) groups excluding carboxylic acids is 1. The normalized spacial score (nSPS) is 11.0. The number of nitrogens with one attached hydrogen (secondary N) is 1. The van der Waals surface area contributed by atoms with Crippen molar-refractivity contribution in [3.8, 4) is 6.07 Å². The van der Waals surface area contributed by atoms with E-state index in [1.165, 1.54) is 12.1 Å². The summed E-state index contributed by atoms with van der Waals surface area (Å²) >= 11 is 5.92. The van der Waals surface area contributed by atoms with Gasteiger partial charge in [0.15, 0.2) is 0 Å². The van der Waals surface area contributed by atoms with E-state index in [1.54, 1.807) is 54.6 Å². The lowest BCUT2D eigenvalue weighted by atomic mass is 9.98. The summed E-state index contributed by atoms with van der Waals surface area (Å²) in [4.78, 5) is 12.5. The number of anilines is 1. The zero-order chi connectivity index (χ0) is 19.9. The third kappa shape index (κ3) is 4.85. The third-order valence-corrected chi connectivity index (χ3v) is 4.38. The fourth-order valence-electron chi connectivity index (χ4n) is 2.75. The highest BCUT2D eigenvalue weighted by Crippen LogP contribution is 2.20. The molecule has 0 saturated carbocycles. The summed E-state index contributed by atoms with van der Waals surface area (Å²) in [5.74, 6) is -0.828. The van der Waals surface area contributed by atoms with Crippen LogP contribution in [0, 0.1) is 17.1 Å². The molecule has 0 atom stereocenters. The van der Waals surface area contributed by atoms with Gasteiger partial charge in [0.2, 0.25) is 0 Å². The highest BCUT2D eigenvalue weighted by Gasteiger charge is 2.12. The van der Waals surface area contributed by atoms with E-state index in [-0.39, 0.29) is 11.4 Å². The Kier molecular flexibility index (Phi) is 6.21. The predicted molar refractivity (Wildman–Crippen MR) is 109 cm³/mol. The van der Waals surface area contributed by atoms with Crippen LogP contribution in [0.3, 0.4) is 0 Å². The van der Waals surface area contributed by atoms with Gasteiger partial charge in [-0.15, -0.1) is 0 Å². The third-order valence-electron chi connectivity index (χ3n) is 4.14. The van der Waals surface area contributed by atoms with Crippen molar-refractivity contribution in [2.75, 3.05) is 5.32 Å². The van der Waals surface area contributed by atoms with Crippen LogP contribution in [0.1, 0.15) is 16.7 Å². The number of carbonyl (C=O) groups is 1. The summed E-state index contributed by atoms with van der Waals surface area (Å²) in [5.41, 5.74) is 2.49. The molecular weight excluding hydrogens is 375 g/mol. The van der Waals surface area contributed by atoms with E-state index in [0.717, 1.165) is 5.56 Å². The number of hydrogen-bond donors (Lipinski definition) is 1. The maximum atomic E-state index is 14.0. The minimum absolute atomic E-state index is 0.0547. The first-order valence-electron chi connectivity index (χ1n) is 8.57. The quantitative estimate of drug-likeness (QED) is 0.454. The zero-order valence-corrected chi connectivity index (χ0v) is 15.6. The molecule has 0 unspecified atom stereocenters. The Labute approximate surface area is 167 Å². The van der Waals surface area contributed by atoms with Crippen LogP contribution in [0.25, 0.3) is 6.08 Å². The Morgan fingerprint density at radius 3 is 2.46 bits per heavy atom.